The van der Waals surface area contributed by atoms with Crippen LogP contribution in [-0.4, -0.2) is 31.1 Å². The van der Waals surface area contributed by atoms with Crippen LogP contribution in [0.2, 0.25) is 0 Å². The molecule has 0 spiro atoms. The van der Waals surface area contributed by atoms with E-state index < -0.39 is 12.1 Å². The molecule has 0 aliphatic heterocycles. The number of hydrogen-bond acceptors (Lipinski definition) is 2. The standard InChI is InChI=1S/C10H17F3N2O2/c1-2-3-5-8(16)14-6-4-7-15-9(17)10(11,12)13/h2-7H2,1H3,(H,14,16)(H,15,17). The van der Waals surface area contributed by atoms with Crippen LogP contribution in [0.3, 0.4) is 0 Å². The maximum absolute atomic E-state index is 11.7. The Morgan fingerprint density at radius 2 is 1.65 bits per heavy atom. The molecular weight excluding hydrogens is 237 g/mol. The maximum Gasteiger partial charge on any atom is 0.471 e. The lowest BCUT2D eigenvalue weighted by Crippen LogP contribution is -2.38. The number of unbranched alkanes of at least 4 members (excludes halogenated alkanes) is 1. The largest absolute Gasteiger partial charge is 0.471 e. The summed E-state index contributed by atoms with van der Waals surface area (Å²) in [5, 5.41) is 4.28. The number of alkyl halides is 3. The van der Waals surface area contributed by atoms with Gasteiger partial charge in [-0.15, -0.1) is 0 Å². The van der Waals surface area contributed by atoms with Crippen LogP contribution in [0.25, 0.3) is 0 Å². The van der Waals surface area contributed by atoms with Crippen molar-refractivity contribution in [3.05, 3.63) is 0 Å². The Morgan fingerprint density at radius 3 is 2.18 bits per heavy atom. The van der Waals surface area contributed by atoms with Crippen LogP contribution < -0.4 is 10.6 Å². The summed E-state index contributed by atoms with van der Waals surface area (Å²) in [5.74, 6) is -2.07. The zero-order valence-corrected chi connectivity index (χ0v) is 9.69. The lowest BCUT2D eigenvalue weighted by atomic mass is 10.2. The molecule has 0 rings (SSSR count). The molecule has 0 fully saturated rings. The molecule has 0 aliphatic carbocycles. The van der Waals surface area contributed by atoms with Gasteiger partial charge in [-0.3, -0.25) is 9.59 Å². The monoisotopic (exact) mass is 254 g/mol. The minimum atomic E-state index is -4.84. The second-order valence-corrected chi connectivity index (χ2v) is 3.56. The van der Waals surface area contributed by atoms with Crippen molar-refractivity contribution in [3.63, 3.8) is 0 Å². The molecule has 0 saturated carbocycles. The van der Waals surface area contributed by atoms with Crippen LogP contribution in [0.1, 0.15) is 32.6 Å². The Morgan fingerprint density at radius 1 is 1.06 bits per heavy atom. The van der Waals surface area contributed by atoms with Gasteiger partial charge in [-0.1, -0.05) is 13.3 Å². The second kappa shape index (κ2) is 7.92. The van der Waals surface area contributed by atoms with Gasteiger partial charge < -0.3 is 10.6 Å². The average Bonchev–Trinajstić information content (AvgIpc) is 2.24. The van der Waals surface area contributed by atoms with Crippen molar-refractivity contribution in [3.8, 4) is 0 Å². The van der Waals surface area contributed by atoms with Gasteiger partial charge in [0.1, 0.15) is 0 Å². The highest BCUT2D eigenvalue weighted by molar-refractivity contribution is 5.81. The molecule has 7 heteroatoms. The predicted molar refractivity (Wildman–Crippen MR) is 56.2 cm³/mol. The number of hydrogen-bond donors (Lipinski definition) is 2. The first-order valence-corrected chi connectivity index (χ1v) is 5.49. The third-order valence-corrected chi connectivity index (χ3v) is 1.98. The third-order valence-electron chi connectivity index (χ3n) is 1.98. The van der Waals surface area contributed by atoms with Gasteiger partial charge >= 0.3 is 12.1 Å². The minimum Gasteiger partial charge on any atom is -0.356 e. The first-order valence-electron chi connectivity index (χ1n) is 5.49. The fourth-order valence-electron chi connectivity index (χ4n) is 1.04. The van der Waals surface area contributed by atoms with E-state index in [0.29, 0.717) is 6.42 Å². The highest BCUT2D eigenvalue weighted by atomic mass is 19.4. The number of amides is 2. The summed E-state index contributed by atoms with van der Waals surface area (Å²) in [6, 6.07) is 0. The molecule has 0 saturated heterocycles. The van der Waals surface area contributed by atoms with Gasteiger partial charge in [0, 0.05) is 19.5 Å². The van der Waals surface area contributed by atoms with Gasteiger partial charge in [-0.05, 0) is 12.8 Å². The molecule has 0 aromatic carbocycles. The summed E-state index contributed by atoms with van der Waals surface area (Å²) in [5.41, 5.74) is 0. The molecule has 0 bridgehead atoms. The van der Waals surface area contributed by atoms with Crippen molar-refractivity contribution in [2.75, 3.05) is 13.1 Å². The van der Waals surface area contributed by atoms with Crippen LogP contribution in [-0.2, 0) is 9.59 Å². The molecule has 100 valence electrons. The fraction of sp³-hybridized carbons (Fsp3) is 0.800. The Kier molecular flexibility index (Phi) is 7.32. The number of rotatable bonds is 7. The molecular formula is C10H17F3N2O2. The molecule has 0 aromatic heterocycles. The molecule has 4 nitrogen and oxygen atoms in total. The molecule has 17 heavy (non-hydrogen) atoms. The lowest BCUT2D eigenvalue weighted by molar-refractivity contribution is -0.173. The molecule has 2 amide bonds. The quantitative estimate of drug-likeness (QED) is 0.674. The molecule has 2 N–H and O–H groups in total. The zero-order chi connectivity index (χ0) is 13.3. The smallest absolute Gasteiger partial charge is 0.356 e. The highest BCUT2D eigenvalue weighted by Crippen LogP contribution is 2.13. The maximum atomic E-state index is 11.7. The Labute approximate surface area is 97.9 Å². The van der Waals surface area contributed by atoms with E-state index >= 15 is 0 Å². The van der Waals surface area contributed by atoms with Gasteiger partial charge in [0.15, 0.2) is 0 Å². The van der Waals surface area contributed by atoms with Crippen molar-refractivity contribution in [1.82, 2.24) is 10.6 Å². The average molecular weight is 254 g/mol. The Hall–Kier alpha value is -1.27. The van der Waals surface area contributed by atoms with Crippen LogP contribution in [0.4, 0.5) is 13.2 Å². The summed E-state index contributed by atoms with van der Waals surface area (Å²) < 4.78 is 35.2. The van der Waals surface area contributed by atoms with Gasteiger partial charge in [-0.25, -0.2) is 0 Å². The number of carbonyl (C=O) groups excluding carboxylic acids is 2. The SMILES string of the molecule is CCCCC(=O)NCCCNC(=O)C(F)(F)F. The lowest BCUT2D eigenvalue weighted by Gasteiger charge is -2.08. The van der Waals surface area contributed by atoms with Gasteiger partial charge in [0.05, 0.1) is 0 Å². The number of nitrogens with one attached hydrogen (secondary N) is 2. The third kappa shape index (κ3) is 8.53. The van der Waals surface area contributed by atoms with Crippen molar-refractivity contribution in [1.29, 1.82) is 0 Å². The molecule has 0 heterocycles. The zero-order valence-electron chi connectivity index (χ0n) is 9.69. The van der Waals surface area contributed by atoms with Gasteiger partial charge in [0.2, 0.25) is 5.91 Å². The first kappa shape index (κ1) is 15.7. The number of carbonyl (C=O) groups is 2. The number of halogens is 3. The van der Waals surface area contributed by atoms with E-state index in [1.54, 1.807) is 5.32 Å². The van der Waals surface area contributed by atoms with Gasteiger partial charge in [0.25, 0.3) is 0 Å². The van der Waals surface area contributed by atoms with E-state index in [-0.39, 0.29) is 25.4 Å². The minimum absolute atomic E-state index is 0.105. The van der Waals surface area contributed by atoms with Crippen molar-refractivity contribution < 1.29 is 22.8 Å². The van der Waals surface area contributed by atoms with E-state index in [4.69, 9.17) is 0 Å². The normalized spacial score (nSPS) is 11.1. The van der Waals surface area contributed by atoms with E-state index in [0.717, 1.165) is 12.8 Å². The first-order chi connectivity index (χ1) is 7.88. The molecule has 0 unspecified atom stereocenters. The van der Waals surface area contributed by atoms with E-state index in [1.165, 1.54) is 0 Å². The van der Waals surface area contributed by atoms with Crippen LogP contribution in [0, 0.1) is 0 Å². The van der Waals surface area contributed by atoms with Crippen LogP contribution >= 0.6 is 0 Å². The predicted octanol–water partition coefficient (Wildman–Crippen LogP) is 1.36. The van der Waals surface area contributed by atoms with Crippen molar-refractivity contribution in [2.45, 2.75) is 38.8 Å². The van der Waals surface area contributed by atoms with Crippen molar-refractivity contribution in [2.24, 2.45) is 0 Å². The van der Waals surface area contributed by atoms with Gasteiger partial charge in [-0.2, -0.15) is 13.2 Å². The Balaban J connectivity index is 3.47. The molecule has 0 atom stereocenters. The molecule has 0 aliphatic rings. The van der Waals surface area contributed by atoms with E-state index in [1.807, 2.05) is 6.92 Å². The van der Waals surface area contributed by atoms with Crippen LogP contribution in [0.15, 0.2) is 0 Å². The Bertz CT molecular complexity index is 254. The molecule has 0 radical (unpaired) electrons. The van der Waals surface area contributed by atoms with E-state index in [9.17, 15) is 22.8 Å². The topological polar surface area (TPSA) is 58.2 Å². The fourth-order valence-corrected chi connectivity index (χ4v) is 1.04. The molecule has 0 aromatic rings. The van der Waals surface area contributed by atoms with E-state index in [2.05, 4.69) is 5.32 Å². The summed E-state index contributed by atoms with van der Waals surface area (Å²) in [6.07, 6.45) is -2.44. The highest BCUT2D eigenvalue weighted by Gasteiger charge is 2.38. The van der Waals surface area contributed by atoms with Crippen LogP contribution in [0.5, 0.6) is 0 Å². The summed E-state index contributed by atoms with van der Waals surface area (Å²) in [7, 11) is 0. The van der Waals surface area contributed by atoms with Crippen molar-refractivity contribution >= 4 is 11.8 Å². The summed E-state index contributed by atoms with van der Waals surface area (Å²) >= 11 is 0. The summed E-state index contributed by atoms with van der Waals surface area (Å²) in [4.78, 5) is 21.5. The second-order valence-electron chi connectivity index (χ2n) is 3.56. The summed E-state index contributed by atoms with van der Waals surface area (Å²) in [6.45, 7) is 2.12.